The molecule has 0 radical (unpaired) electrons. The second-order valence-electron chi connectivity index (χ2n) is 4.11. The number of para-hydroxylation sites is 1. The minimum Gasteiger partial charge on any atom is -0.487 e. The van der Waals surface area contributed by atoms with Crippen LogP contribution in [0.15, 0.2) is 18.2 Å². The summed E-state index contributed by atoms with van der Waals surface area (Å²) in [6.45, 7) is 2.51. The van der Waals surface area contributed by atoms with Gasteiger partial charge in [-0.05, 0) is 18.6 Å². The molecule has 4 nitrogen and oxygen atoms in total. The van der Waals surface area contributed by atoms with Gasteiger partial charge in [0.15, 0.2) is 5.75 Å². The zero-order valence-electron chi connectivity index (χ0n) is 10.5. The van der Waals surface area contributed by atoms with E-state index < -0.39 is 16.4 Å². The van der Waals surface area contributed by atoms with Crippen molar-refractivity contribution >= 4 is 5.69 Å². The van der Waals surface area contributed by atoms with Crippen molar-refractivity contribution in [2.45, 2.75) is 39.0 Å². The maximum Gasteiger partial charge on any atom is 0.346 e. The van der Waals surface area contributed by atoms with Gasteiger partial charge in [-0.2, -0.15) is 4.39 Å². The number of benzene rings is 1. The fourth-order valence-electron chi connectivity index (χ4n) is 1.68. The molecule has 0 fully saturated rings. The minimum atomic E-state index is -0.858. The van der Waals surface area contributed by atoms with Gasteiger partial charge < -0.3 is 4.74 Å². The third kappa shape index (κ3) is 4.31. The highest BCUT2D eigenvalue weighted by molar-refractivity contribution is 5.47. The van der Waals surface area contributed by atoms with E-state index in [0.717, 1.165) is 31.7 Å². The van der Waals surface area contributed by atoms with Crippen molar-refractivity contribution in [3.8, 4) is 5.75 Å². The number of hydrogen-bond acceptors (Lipinski definition) is 3. The molecular weight excluding hydrogens is 237 g/mol. The molecule has 0 amide bonds. The van der Waals surface area contributed by atoms with E-state index >= 15 is 0 Å². The molecule has 0 spiro atoms. The lowest BCUT2D eigenvalue weighted by Crippen LogP contribution is -2.02. The van der Waals surface area contributed by atoms with Gasteiger partial charge in [-0.3, -0.25) is 10.1 Å². The number of unbranched alkanes of at least 4 members (excludes halogenated alkanes) is 4. The molecule has 100 valence electrons. The van der Waals surface area contributed by atoms with E-state index in [1.54, 1.807) is 0 Å². The van der Waals surface area contributed by atoms with Crippen LogP contribution >= 0.6 is 0 Å². The lowest BCUT2D eigenvalue weighted by Gasteiger charge is -2.06. The summed E-state index contributed by atoms with van der Waals surface area (Å²) in [6, 6.07) is 3.90. The number of nitrogens with zero attached hydrogens (tertiary/aromatic N) is 1. The summed E-state index contributed by atoms with van der Waals surface area (Å²) in [5.74, 6) is -0.848. The predicted molar refractivity (Wildman–Crippen MR) is 67.3 cm³/mol. The summed E-state index contributed by atoms with van der Waals surface area (Å²) in [5.41, 5.74) is -0.578. The Hall–Kier alpha value is -1.65. The molecule has 18 heavy (non-hydrogen) atoms. The first-order valence-electron chi connectivity index (χ1n) is 6.22. The molecule has 0 saturated heterocycles. The highest BCUT2D eigenvalue weighted by atomic mass is 19.1. The molecule has 0 heterocycles. The summed E-state index contributed by atoms with van der Waals surface area (Å²) in [6.07, 6.45) is 5.33. The molecular formula is C13H18FNO3. The second kappa shape index (κ2) is 7.63. The van der Waals surface area contributed by atoms with Crippen LogP contribution in [0.1, 0.15) is 39.0 Å². The Balaban J connectivity index is 2.47. The van der Waals surface area contributed by atoms with Gasteiger partial charge in [-0.25, -0.2) is 0 Å². The average molecular weight is 255 g/mol. The van der Waals surface area contributed by atoms with Crippen LogP contribution in [0.5, 0.6) is 5.75 Å². The van der Waals surface area contributed by atoms with Gasteiger partial charge in [0.25, 0.3) is 0 Å². The van der Waals surface area contributed by atoms with Crippen LogP contribution in [0.3, 0.4) is 0 Å². The van der Waals surface area contributed by atoms with Crippen molar-refractivity contribution in [3.63, 3.8) is 0 Å². The first-order valence-corrected chi connectivity index (χ1v) is 6.22. The van der Waals surface area contributed by atoms with Gasteiger partial charge in [0, 0.05) is 0 Å². The lowest BCUT2D eigenvalue weighted by atomic mass is 10.2. The van der Waals surface area contributed by atoms with E-state index in [1.807, 2.05) is 0 Å². The fourth-order valence-corrected chi connectivity index (χ4v) is 1.68. The van der Waals surface area contributed by atoms with Gasteiger partial charge in [0.2, 0.25) is 5.82 Å². The van der Waals surface area contributed by atoms with Gasteiger partial charge in [0.1, 0.15) is 0 Å². The predicted octanol–water partition coefficient (Wildman–Crippen LogP) is 4.08. The largest absolute Gasteiger partial charge is 0.487 e. The number of nitro groups is 1. The Morgan fingerprint density at radius 3 is 2.67 bits per heavy atom. The van der Waals surface area contributed by atoms with Crippen molar-refractivity contribution in [1.82, 2.24) is 0 Å². The molecule has 0 aromatic heterocycles. The average Bonchev–Trinajstić information content (AvgIpc) is 2.33. The highest BCUT2D eigenvalue weighted by Gasteiger charge is 2.20. The molecule has 0 unspecified atom stereocenters. The molecule has 1 rings (SSSR count). The van der Waals surface area contributed by atoms with Gasteiger partial charge in [0.05, 0.1) is 11.5 Å². The standard InChI is InChI=1S/C13H18FNO3/c1-2-3-4-5-6-10-18-12-9-7-8-11(14)13(12)15(16)17/h7-9H,2-6,10H2,1H3. The smallest absolute Gasteiger partial charge is 0.346 e. The van der Waals surface area contributed by atoms with Crippen LogP contribution in [0.25, 0.3) is 0 Å². The van der Waals surface area contributed by atoms with E-state index in [2.05, 4.69) is 6.92 Å². The van der Waals surface area contributed by atoms with Crippen LogP contribution in [-0.2, 0) is 0 Å². The van der Waals surface area contributed by atoms with Crippen molar-refractivity contribution < 1.29 is 14.1 Å². The molecule has 0 saturated carbocycles. The Morgan fingerprint density at radius 2 is 2.00 bits per heavy atom. The fraction of sp³-hybridized carbons (Fsp3) is 0.538. The molecule has 0 aliphatic heterocycles. The van der Waals surface area contributed by atoms with E-state index in [9.17, 15) is 14.5 Å². The number of nitro benzene ring substituents is 1. The number of hydrogen-bond donors (Lipinski definition) is 0. The summed E-state index contributed by atoms with van der Waals surface area (Å²) < 4.78 is 18.5. The molecule has 0 aliphatic rings. The molecule has 0 bridgehead atoms. The zero-order chi connectivity index (χ0) is 13.4. The normalized spacial score (nSPS) is 10.3. The Morgan fingerprint density at radius 1 is 1.28 bits per heavy atom. The quantitative estimate of drug-likeness (QED) is 0.399. The van der Waals surface area contributed by atoms with Gasteiger partial charge in [-0.15, -0.1) is 0 Å². The van der Waals surface area contributed by atoms with E-state index in [4.69, 9.17) is 4.74 Å². The third-order valence-corrected chi connectivity index (χ3v) is 2.64. The summed E-state index contributed by atoms with van der Waals surface area (Å²) >= 11 is 0. The van der Waals surface area contributed by atoms with Crippen LogP contribution in [0, 0.1) is 15.9 Å². The van der Waals surface area contributed by atoms with E-state index in [-0.39, 0.29) is 5.75 Å². The van der Waals surface area contributed by atoms with Crippen LogP contribution < -0.4 is 4.74 Å². The summed E-state index contributed by atoms with van der Waals surface area (Å²) in [7, 11) is 0. The van der Waals surface area contributed by atoms with Crippen molar-refractivity contribution in [1.29, 1.82) is 0 Å². The molecule has 0 N–H and O–H groups in total. The van der Waals surface area contributed by atoms with E-state index in [0.29, 0.717) is 6.61 Å². The Labute approximate surface area is 106 Å². The maximum absolute atomic E-state index is 13.3. The second-order valence-corrected chi connectivity index (χ2v) is 4.11. The molecule has 5 heteroatoms. The van der Waals surface area contributed by atoms with Crippen molar-refractivity contribution in [3.05, 3.63) is 34.1 Å². The van der Waals surface area contributed by atoms with Gasteiger partial charge >= 0.3 is 5.69 Å². The van der Waals surface area contributed by atoms with Crippen molar-refractivity contribution in [2.75, 3.05) is 6.61 Å². The SMILES string of the molecule is CCCCCCCOc1cccc(F)c1[N+](=O)[O-]. The number of halogens is 1. The van der Waals surface area contributed by atoms with E-state index in [1.165, 1.54) is 18.6 Å². The summed E-state index contributed by atoms with van der Waals surface area (Å²) in [5, 5.41) is 10.7. The molecule has 0 atom stereocenters. The topological polar surface area (TPSA) is 52.4 Å². The Bertz CT molecular complexity index is 396. The van der Waals surface area contributed by atoms with Crippen LogP contribution in [0.2, 0.25) is 0 Å². The minimum absolute atomic E-state index is 0.00971. The zero-order valence-corrected chi connectivity index (χ0v) is 10.5. The number of ether oxygens (including phenoxy) is 1. The highest BCUT2D eigenvalue weighted by Crippen LogP contribution is 2.29. The first kappa shape index (κ1) is 14.4. The Kier molecular flexibility index (Phi) is 6.11. The van der Waals surface area contributed by atoms with Crippen molar-refractivity contribution in [2.24, 2.45) is 0 Å². The number of rotatable bonds is 8. The first-order chi connectivity index (χ1) is 8.66. The van der Waals surface area contributed by atoms with Crippen LogP contribution in [-0.4, -0.2) is 11.5 Å². The maximum atomic E-state index is 13.3. The van der Waals surface area contributed by atoms with Crippen LogP contribution in [0.4, 0.5) is 10.1 Å². The lowest BCUT2D eigenvalue weighted by molar-refractivity contribution is -0.388. The third-order valence-electron chi connectivity index (χ3n) is 2.64. The molecule has 1 aromatic rings. The monoisotopic (exact) mass is 255 g/mol. The molecule has 1 aromatic carbocycles. The van der Waals surface area contributed by atoms with Gasteiger partial charge in [-0.1, -0.05) is 38.7 Å². The molecule has 0 aliphatic carbocycles. The summed E-state index contributed by atoms with van der Waals surface area (Å²) in [4.78, 5) is 9.95.